The standard InChI is InChI=1S/C19H33N3O3Si/c1-7-24-17(23)16-8-10-22(11-9-16)18-20-12-15(13-21-18)14-25-26(5,6)19(2,3)4/h12-13,16H,7-11,14H2,1-6H3. The minimum Gasteiger partial charge on any atom is -0.466 e. The molecule has 2 rings (SSSR count). The Kier molecular flexibility index (Phi) is 6.79. The molecule has 7 heteroatoms. The number of hydrogen-bond acceptors (Lipinski definition) is 6. The van der Waals surface area contributed by atoms with Crippen molar-refractivity contribution in [2.75, 3.05) is 24.6 Å². The van der Waals surface area contributed by atoms with Gasteiger partial charge in [0.25, 0.3) is 0 Å². The van der Waals surface area contributed by atoms with Crippen LogP contribution in [0, 0.1) is 5.92 Å². The molecule has 0 atom stereocenters. The highest BCUT2D eigenvalue weighted by Crippen LogP contribution is 2.37. The number of piperidine rings is 1. The van der Waals surface area contributed by atoms with Crippen molar-refractivity contribution in [2.24, 2.45) is 5.92 Å². The fourth-order valence-corrected chi connectivity index (χ4v) is 3.60. The van der Waals surface area contributed by atoms with Gasteiger partial charge in [-0.25, -0.2) is 9.97 Å². The Balaban J connectivity index is 1.87. The first-order valence-corrected chi connectivity index (χ1v) is 12.4. The second-order valence-corrected chi connectivity index (χ2v) is 13.3. The number of ether oxygens (including phenoxy) is 1. The Labute approximate surface area is 158 Å². The summed E-state index contributed by atoms with van der Waals surface area (Å²) in [5.41, 5.74) is 1.000. The van der Waals surface area contributed by atoms with Gasteiger partial charge in [0.15, 0.2) is 8.32 Å². The molecule has 1 fully saturated rings. The van der Waals surface area contributed by atoms with Gasteiger partial charge in [0.05, 0.1) is 19.1 Å². The van der Waals surface area contributed by atoms with Crippen LogP contribution in [0.1, 0.15) is 46.1 Å². The van der Waals surface area contributed by atoms with Crippen LogP contribution in [0.5, 0.6) is 0 Å². The molecule has 1 aromatic heterocycles. The molecule has 0 amide bonds. The molecular weight excluding hydrogens is 346 g/mol. The van der Waals surface area contributed by atoms with Crippen LogP contribution in [0.3, 0.4) is 0 Å². The summed E-state index contributed by atoms with van der Waals surface area (Å²) >= 11 is 0. The van der Waals surface area contributed by atoms with Crippen molar-refractivity contribution in [3.8, 4) is 0 Å². The minimum absolute atomic E-state index is 0.00321. The molecule has 0 saturated carbocycles. The van der Waals surface area contributed by atoms with E-state index in [1.54, 1.807) is 0 Å². The highest BCUT2D eigenvalue weighted by Gasteiger charge is 2.37. The summed E-state index contributed by atoms with van der Waals surface area (Å²) in [7, 11) is -1.77. The molecule has 0 spiro atoms. The zero-order chi connectivity index (χ0) is 19.4. The zero-order valence-electron chi connectivity index (χ0n) is 17.0. The second kappa shape index (κ2) is 8.48. The van der Waals surface area contributed by atoms with E-state index in [1.807, 2.05) is 19.3 Å². The number of esters is 1. The maximum absolute atomic E-state index is 11.8. The molecule has 1 aliphatic rings. The van der Waals surface area contributed by atoms with E-state index in [0.29, 0.717) is 13.2 Å². The number of rotatable bonds is 6. The third kappa shape index (κ3) is 5.27. The summed E-state index contributed by atoms with van der Waals surface area (Å²) < 4.78 is 11.3. The monoisotopic (exact) mass is 379 g/mol. The second-order valence-electron chi connectivity index (χ2n) is 8.45. The summed E-state index contributed by atoms with van der Waals surface area (Å²) in [4.78, 5) is 23.0. The normalized spacial score (nSPS) is 16.6. The largest absolute Gasteiger partial charge is 0.466 e. The number of carbonyl (C=O) groups is 1. The molecule has 26 heavy (non-hydrogen) atoms. The average Bonchev–Trinajstić information content (AvgIpc) is 2.60. The van der Waals surface area contributed by atoms with E-state index in [1.165, 1.54) is 0 Å². The van der Waals surface area contributed by atoms with E-state index >= 15 is 0 Å². The molecule has 6 nitrogen and oxygen atoms in total. The van der Waals surface area contributed by atoms with Gasteiger partial charge in [0, 0.05) is 31.0 Å². The predicted octanol–water partition coefficient (Wildman–Crippen LogP) is 3.78. The van der Waals surface area contributed by atoms with E-state index in [0.717, 1.165) is 37.4 Å². The lowest BCUT2D eigenvalue weighted by Gasteiger charge is -2.36. The van der Waals surface area contributed by atoms with Crippen molar-refractivity contribution < 1.29 is 14.0 Å². The molecule has 0 bridgehead atoms. The molecular formula is C19H33N3O3Si. The number of nitrogens with zero attached hydrogens (tertiary/aromatic N) is 3. The van der Waals surface area contributed by atoms with Crippen molar-refractivity contribution in [1.82, 2.24) is 9.97 Å². The molecule has 146 valence electrons. The lowest BCUT2D eigenvalue weighted by Crippen LogP contribution is -2.40. The van der Waals surface area contributed by atoms with Crippen LogP contribution in [-0.4, -0.2) is 44.0 Å². The Morgan fingerprint density at radius 3 is 2.31 bits per heavy atom. The lowest BCUT2D eigenvalue weighted by atomic mass is 9.97. The Hall–Kier alpha value is -1.47. The molecule has 0 aliphatic carbocycles. The SMILES string of the molecule is CCOC(=O)C1CCN(c2ncc(CO[Si](C)(C)C(C)(C)C)cn2)CC1. The summed E-state index contributed by atoms with van der Waals surface area (Å²) in [6.45, 7) is 15.6. The van der Waals surface area contributed by atoms with Crippen LogP contribution >= 0.6 is 0 Å². The first-order valence-electron chi connectivity index (χ1n) is 9.50. The van der Waals surface area contributed by atoms with Gasteiger partial charge < -0.3 is 14.1 Å². The van der Waals surface area contributed by atoms with Gasteiger partial charge in [0.1, 0.15) is 0 Å². The van der Waals surface area contributed by atoms with Crippen molar-refractivity contribution >= 4 is 20.2 Å². The predicted molar refractivity (Wildman–Crippen MR) is 106 cm³/mol. The van der Waals surface area contributed by atoms with Gasteiger partial charge in [-0.2, -0.15) is 0 Å². The van der Waals surface area contributed by atoms with Crippen molar-refractivity contribution in [1.29, 1.82) is 0 Å². The van der Waals surface area contributed by atoms with Crippen molar-refractivity contribution in [2.45, 2.75) is 65.3 Å². The minimum atomic E-state index is -1.77. The smallest absolute Gasteiger partial charge is 0.309 e. The summed E-state index contributed by atoms with van der Waals surface area (Å²) in [5.74, 6) is 0.651. The zero-order valence-corrected chi connectivity index (χ0v) is 18.0. The quantitative estimate of drug-likeness (QED) is 0.554. The molecule has 0 aromatic carbocycles. The van der Waals surface area contributed by atoms with Gasteiger partial charge >= 0.3 is 5.97 Å². The van der Waals surface area contributed by atoms with Crippen LogP contribution < -0.4 is 4.90 Å². The third-order valence-corrected chi connectivity index (χ3v) is 9.97. The van der Waals surface area contributed by atoms with E-state index in [9.17, 15) is 4.79 Å². The van der Waals surface area contributed by atoms with Crippen molar-refractivity contribution in [3.05, 3.63) is 18.0 Å². The van der Waals surface area contributed by atoms with E-state index in [4.69, 9.17) is 9.16 Å². The highest BCUT2D eigenvalue weighted by atomic mass is 28.4. The molecule has 2 heterocycles. The van der Waals surface area contributed by atoms with Crippen LogP contribution in [0.25, 0.3) is 0 Å². The van der Waals surface area contributed by atoms with Gasteiger partial charge in [-0.3, -0.25) is 4.79 Å². The van der Waals surface area contributed by atoms with Crippen LogP contribution in [0.2, 0.25) is 18.1 Å². The van der Waals surface area contributed by atoms with Crippen LogP contribution in [-0.2, 0) is 20.6 Å². The fraction of sp³-hybridized carbons (Fsp3) is 0.737. The van der Waals surface area contributed by atoms with Crippen molar-refractivity contribution in [3.63, 3.8) is 0 Å². The molecule has 1 aliphatic heterocycles. The molecule has 1 saturated heterocycles. The number of hydrogen-bond donors (Lipinski definition) is 0. The molecule has 0 N–H and O–H groups in total. The van der Waals surface area contributed by atoms with E-state index in [2.05, 4.69) is 48.7 Å². The van der Waals surface area contributed by atoms with E-state index in [-0.39, 0.29) is 16.9 Å². The third-order valence-electron chi connectivity index (χ3n) is 5.50. The van der Waals surface area contributed by atoms with Gasteiger partial charge in [-0.05, 0) is 37.9 Å². The highest BCUT2D eigenvalue weighted by molar-refractivity contribution is 6.74. The molecule has 0 unspecified atom stereocenters. The Bertz CT molecular complexity index is 591. The Morgan fingerprint density at radius 2 is 1.81 bits per heavy atom. The topological polar surface area (TPSA) is 64.5 Å². The maximum atomic E-state index is 11.8. The Morgan fingerprint density at radius 1 is 1.23 bits per heavy atom. The summed E-state index contributed by atoms with van der Waals surface area (Å²) in [6, 6.07) is 0. The number of aromatic nitrogens is 2. The molecule has 1 aromatic rings. The first kappa shape index (κ1) is 20.8. The van der Waals surface area contributed by atoms with Gasteiger partial charge in [0.2, 0.25) is 5.95 Å². The number of carbonyl (C=O) groups excluding carboxylic acids is 1. The van der Waals surface area contributed by atoms with Crippen LogP contribution in [0.15, 0.2) is 12.4 Å². The van der Waals surface area contributed by atoms with Crippen LogP contribution in [0.4, 0.5) is 5.95 Å². The fourth-order valence-electron chi connectivity index (χ4n) is 2.64. The van der Waals surface area contributed by atoms with Gasteiger partial charge in [-0.15, -0.1) is 0 Å². The average molecular weight is 380 g/mol. The summed E-state index contributed by atoms with van der Waals surface area (Å²) in [5, 5.41) is 0.192. The number of anilines is 1. The van der Waals surface area contributed by atoms with Gasteiger partial charge in [-0.1, -0.05) is 20.8 Å². The molecule has 0 radical (unpaired) electrons. The summed E-state index contributed by atoms with van der Waals surface area (Å²) in [6.07, 6.45) is 5.29. The lowest BCUT2D eigenvalue weighted by molar-refractivity contribution is -0.148. The first-order chi connectivity index (χ1) is 12.1. The van der Waals surface area contributed by atoms with E-state index < -0.39 is 8.32 Å². The maximum Gasteiger partial charge on any atom is 0.309 e.